The van der Waals surface area contributed by atoms with Crippen LogP contribution in [0, 0.1) is 113 Å². The Bertz CT molecular complexity index is 4420. The van der Waals surface area contributed by atoms with Crippen LogP contribution in [0.2, 0.25) is 0 Å². The summed E-state index contributed by atoms with van der Waals surface area (Å²) in [6, 6.07) is 37.1. The van der Waals surface area contributed by atoms with Crippen molar-refractivity contribution in [2.75, 3.05) is 19.8 Å². The number of esters is 7. The van der Waals surface area contributed by atoms with E-state index < -0.39 is 35.2 Å². The molecule has 650 valence electrons. The first-order valence-electron chi connectivity index (χ1n) is 45.8. The van der Waals surface area contributed by atoms with Gasteiger partial charge in [0.25, 0.3) is 0 Å². The predicted molar refractivity (Wildman–Crippen MR) is 475 cm³/mol. The standard InChI is InChI=1S/C56H68O8.C50H62O8/c1-4-6-7-10-42-22-24-46(25-23-42)47-35-38-56(39-36-47,37-34-45-20-18-44(19-21-45)17-16-43-14-12-41(3)13-15-43)63-55(59)50-30-32-52(33-31-50)62-54(58)49-28-26-48(27-29-49)53(57)61-40-9-8-11-51(5-2)64-60;1-4-7-8-12-38-17-19-40(20-18-38)41-30-33-50(34-31-41,32-29-39-15-13-37(11-5-2)14-16-39)58-49(54)44-25-27-45(28-26-44)57-48(53)43-23-21-42(22-24-43)47(52)56-36-10-9-35-55-46(51)6-3/h5,12-15,18-21,30-33,42,46-49,51,60H,2,4,6-11,22-29,35-36,38-40H2,1,3H3;6,13-16,25-28,38,40-43H,3-4,7-10,12,17-24,30-31,33-36H2,1-2H3. The largest absolute Gasteiger partial charge is 0.465 e. The fraction of sp³-hybridized carbons (Fsp3) is 0.538. The van der Waals surface area contributed by atoms with Crippen molar-refractivity contribution in [1.29, 1.82) is 0 Å². The molecule has 0 spiro atoms. The van der Waals surface area contributed by atoms with Crippen LogP contribution in [0.1, 0.15) is 312 Å². The monoisotopic (exact) mass is 1660 g/mol. The van der Waals surface area contributed by atoms with Crippen LogP contribution < -0.4 is 9.47 Å². The fourth-order valence-electron chi connectivity index (χ4n) is 18.5. The van der Waals surface area contributed by atoms with E-state index in [1.54, 1.807) is 48.5 Å². The highest BCUT2D eigenvalue weighted by atomic mass is 17.1. The van der Waals surface area contributed by atoms with Crippen molar-refractivity contribution < 1.29 is 76.9 Å². The molecule has 11 rings (SSSR count). The lowest BCUT2D eigenvalue weighted by Crippen LogP contribution is -2.39. The lowest BCUT2D eigenvalue weighted by Gasteiger charge is -2.41. The second-order valence-electron chi connectivity index (χ2n) is 34.9. The van der Waals surface area contributed by atoms with Crippen molar-refractivity contribution in [2.24, 2.45) is 59.2 Å². The molecule has 0 aromatic heterocycles. The number of carbonyl (C=O) groups is 7. The van der Waals surface area contributed by atoms with Crippen LogP contribution in [0.25, 0.3) is 0 Å². The highest BCUT2D eigenvalue weighted by molar-refractivity contribution is 5.91. The third kappa shape index (κ3) is 30.5. The molecular weight excluding hydrogens is 1530 g/mol. The molecule has 0 aliphatic heterocycles. The van der Waals surface area contributed by atoms with E-state index in [4.69, 9.17) is 38.4 Å². The Hall–Kier alpha value is -9.97. The van der Waals surface area contributed by atoms with Crippen LogP contribution in [0.4, 0.5) is 0 Å². The average Bonchev–Trinajstić information content (AvgIpc) is 0.803. The van der Waals surface area contributed by atoms with E-state index >= 15 is 0 Å². The lowest BCUT2D eigenvalue weighted by molar-refractivity contribution is -0.267. The van der Waals surface area contributed by atoms with Crippen molar-refractivity contribution >= 4 is 41.8 Å². The van der Waals surface area contributed by atoms with Gasteiger partial charge in [0.15, 0.2) is 11.2 Å². The first-order valence-corrected chi connectivity index (χ1v) is 45.8. The summed E-state index contributed by atoms with van der Waals surface area (Å²) in [6.07, 6.45) is 37.7. The molecule has 5 aromatic carbocycles. The number of unbranched alkanes of at least 4 members (excludes halogenated alkanes) is 6. The highest BCUT2D eigenvalue weighted by Gasteiger charge is 2.43. The molecule has 122 heavy (non-hydrogen) atoms. The molecule has 1 unspecified atom stereocenters. The summed E-state index contributed by atoms with van der Waals surface area (Å²) < 4.78 is 40.1. The van der Waals surface area contributed by atoms with Crippen LogP contribution in [-0.4, -0.2) is 84.2 Å². The zero-order valence-electron chi connectivity index (χ0n) is 72.8. The van der Waals surface area contributed by atoms with E-state index in [0.717, 1.165) is 89.7 Å². The van der Waals surface area contributed by atoms with Gasteiger partial charge >= 0.3 is 41.8 Å². The Labute approximate surface area is 726 Å². The Balaban J connectivity index is 0.000000257. The lowest BCUT2D eigenvalue weighted by atomic mass is 9.67. The van der Waals surface area contributed by atoms with E-state index in [0.29, 0.717) is 144 Å². The summed E-state index contributed by atoms with van der Waals surface area (Å²) in [7, 11) is 0. The van der Waals surface area contributed by atoms with Crippen molar-refractivity contribution in [2.45, 2.75) is 283 Å². The van der Waals surface area contributed by atoms with E-state index in [-0.39, 0.29) is 60.8 Å². The fourth-order valence-corrected chi connectivity index (χ4v) is 18.5. The third-order valence-electron chi connectivity index (χ3n) is 26.2. The summed E-state index contributed by atoms with van der Waals surface area (Å²) in [6.45, 7) is 16.2. The minimum Gasteiger partial charge on any atom is -0.465 e. The van der Waals surface area contributed by atoms with E-state index in [1.165, 1.54) is 114 Å². The van der Waals surface area contributed by atoms with Crippen molar-refractivity contribution in [3.63, 3.8) is 0 Å². The Morgan fingerprint density at radius 3 is 1.11 bits per heavy atom. The van der Waals surface area contributed by atoms with Gasteiger partial charge in [-0.15, -0.1) is 12.5 Å². The molecular formula is C106H130O16. The van der Waals surface area contributed by atoms with Gasteiger partial charge in [-0.25, -0.2) is 19.3 Å². The molecule has 0 saturated heterocycles. The zero-order valence-corrected chi connectivity index (χ0v) is 72.8. The average molecular weight is 1660 g/mol. The molecule has 0 amide bonds. The maximum atomic E-state index is 13.9. The molecule has 6 saturated carbocycles. The summed E-state index contributed by atoms with van der Waals surface area (Å²) in [5.41, 5.74) is 4.69. The second kappa shape index (κ2) is 50.0. The third-order valence-corrected chi connectivity index (χ3v) is 26.2. The van der Waals surface area contributed by atoms with Gasteiger partial charge in [-0.2, -0.15) is 0 Å². The van der Waals surface area contributed by atoms with Gasteiger partial charge in [-0.05, 0) is 331 Å². The van der Waals surface area contributed by atoms with E-state index in [9.17, 15) is 33.6 Å². The number of aryl methyl sites for hydroxylation is 1. The smallest absolute Gasteiger partial charge is 0.339 e. The van der Waals surface area contributed by atoms with Gasteiger partial charge in [0.2, 0.25) is 0 Å². The molecule has 16 heteroatoms. The van der Waals surface area contributed by atoms with Crippen LogP contribution in [0.15, 0.2) is 147 Å². The number of rotatable bonds is 33. The van der Waals surface area contributed by atoms with Gasteiger partial charge < -0.3 is 33.2 Å². The molecule has 6 fully saturated rings. The van der Waals surface area contributed by atoms with Gasteiger partial charge in [0.05, 0.1) is 54.6 Å². The molecule has 6 aliphatic rings. The Morgan fingerprint density at radius 1 is 0.410 bits per heavy atom. The Kier molecular flexibility index (Phi) is 38.6. The first kappa shape index (κ1) is 94.3. The van der Waals surface area contributed by atoms with Gasteiger partial charge in [0.1, 0.15) is 17.6 Å². The molecule has 0 heterocycles. The van der Waals surface area contributed by atoms with Gasteiger partial charge in [0, 0.05) is 33.9 Å². The molecule has 0 radical (unpaired) electrons. The molecule has 0 bridgehead atoms. The van der Waals surface area contributed by atoms with Crippen LogP contribution >= 0.6 is 0 Å². The summed E-state index contributed by atoms with van der Waals surface area (Å²) in [4.78, 5) is 94.4. The number of hydrogen-bond acceptors (Lipinski definition) is 16. The topological polar surface area (TPSA) is 214 Å². The minimum absolute atomic E-state index is 0.238. The number of ether oxygens (including phenoxy) is 7. The van der Waals surface area contributed by atoms with E-state index in [2.05, 4.69) is 98.3 Å². The molecule has 16 nitrogen and oxygen atoms in total. The number of carbonyl (C=O) groups excluding carboxylic acids is 7. The first-order chi connectivity index (χ1) is 59.4. The molecule has 1 atom stereocenters. The van der Waals surface area contributed by atoms with Gasteiger partial charge in [-0.3, -0.25) is 24.4 Å². The predicted octanol–water partition coefficient (Wildman–Crippen LogP) is 22.7. The quantitative estimate of drug-likeness (QED) is 0.00476. The second-order valence-corrected chi connectivity index (χ2v) is 34.9. The summed E-state index contributed by atoms with van der Waals surface area (Å²) >= 11 is 0. The Morgan fingerprint density at radius 2 is 0.754 bits per heavy atom. The normalized spacial score (nSPS) is 23.8. The molecule has 6 aliphatic carbocycles. The SMILES string of the molecule is C=CC(=O)OCCCCOC(=O)C1CCC(C(=O)Oc2ccc(C(=O)OC3(C#Cc4ccc(C#CC)cc4)CCC(C4CCC(CCCCC)CC4)CC3)cc2)CC1.C=CC(CCCCOC(=O)C1CCC(C(=O)Oc2ccc(C(=O)OC3(C#Cc4ccc(C#Cc5ccc(C)cc5)cc4)CCC(C4CCC(CCCCC)CC4)CC3)cc2)CC1)OO. The van der Waals surface area contributed by atoms with Crippen molar-refractivity contribution in [3.05, 3.63) is 191 Å². The van der Waals surface area contributed by atoms with Crippen molar-refractivity contribution in [3.8, 4) is 58.9 Å². The maximum Gasteiger partial charge on any atom is 0.339 e. The number of hydrogen-bond donors (Lipinski definition) is 1. The van der Waals surface area contributed by atoms with Crippen LogP contribution in [-0.2, 0) is 52.5 Å². The van der Waals surface area contributed by atoms with Gasteiger partial charge in [-0.1, -0.05) is 151 Å². The maximum absolute atomic E-state index is 13.9. The van der Waals surface area contributed by atoms with Crippen molar-refractivity contribution in [1.82, 2.24) is 0 Å². The minimum atomic E-state index is -0.907. The van der Waals surface area contributed by atoms with Crippen LogP contribution in [0.5, 0.6) is 11.5 Å². The van der Waals surface area contributed by atoms with Crippen LogP contribution in [0.3, 0.4) is 0 Å². The summed E-state index contributed by atoms with van der Waals surface area (Å²) in [5, 5.41) is 8.80. The zero-order chi connectivity index (χ0) is 86.3. The van der Waals surface area contributed by atoms with E-state index in [1.807, 2.05) is 67.6 Å². The summed E-state index contributed by atoms with van der Waals surface area (Å²) in [5.74, 6) is 27.6. The molecule has 1 N–H and O–H groups in total. The number of benzene rings is 5. The highest BCUT2D eigenvalue weighted by Crippen LogP contribution is 2.47. The molecule has 5 aromatic rings.